The smallest absolute Gasteiger partial charge is 0.243 e. The van der Waals surface area contributed by atoms with Gasteiger partial charge in [-0.25, -0.2) is 18.4 Å². The molecule has 0 spiro atoms. The third-order valence-electron chi connectivity index (χ3n) is 1.44. The average molecular weight is 235 g/mol. The molecule has 2 aromatic heterocycles. The Morgan fingerprint density at radius 1 is 1.38 bits per heavy atom. The van der Waals surface area contributed by atoms with Crippen molar-refractivity contribution in [3.63, 3.8) is 0 Å². The highest BCUT2D eigenvalue weighted by atomic mass is 35.7. The Morgan fingerprint density at radius 2 is 2.15 bits per heavy atom. The van der Waals surface area contributed by atoms with E-state index in [1.165, 1.54) is 23.6 Å². The molecule has 0 aliphatic heterocycles. The van der Waals surface area contributed by atoms with E-state index in [1.807, 2.05) is 0 Å². The van der Waals surface area contributed by atoms with E-state index >= 15 is 0 Å². The van der Waals surface area contributed by atoms with E-state index in [4.69, 9.17) is 10.7 Å². The minimum atomic E-state index is -3.70. The molecule has 13 heavy (non-hydrogen) atoms. The standard InChI is InChI=1S/C6H3ClN2O2S2/c7-13(10,11)4-1-5-6(8-2-4)12-3-9-5/h1-3H. The van der Waals surface area contributed by atoms with Crippen LogP contribution in [-0.4, -0.2) is 18.4 Å². The largest absolute Gasteiger partial charge is 0.262 e. The van der Waals surface area contributed by atoms with Crippen molar-refractivity contribution in [3.8, 4) is 0 Å². The third-order valence-corrected chi connectivity index (χ3v) is 3.51. The van der Waals surface area contributed by atoms with E-state index in [1.54, 1.807) is 5.51 Å². The van der Waals surface area contributed by atoms with Crippen molar-refractivity contribution in [2.75, 3.05) is 0 Å². The molecule has 7 heteroatoms. The highest BCUT2D eigenvalue weighted by Crippen LogP contribution is 2.20. The Labute approximate surface area is 82.6 Å². The van der Waals surface area contributed by atoms with Gasteiger partial charge < -0.3 is 0 Å². The molecule has 0 bridgehead atoms. The molecule has 2 aromatic rings. The molecular formula is C6H3ClN2O2S2. The number of halogens is 1. The van der Waals surface area contributed by atoms with Crippen LogP contribution in [0.3, 0.4) is 0 Å². The number of rotatable bonds is 1. The first kappa shape index (κ1) is 8.86. The van der Waals surface area contributed by atoms with Crippen LogP contribution in [0.15, 0.2) is 22.7 Å². The van der Waals surface area contributed by atoms with E-state index in [-0.39, 0.29) is 4.90 Å². The fraction of sp³-hybridized carbons (Fsp3) is 0. The monoisotopic (exact) mass is 234 g/mol. The third kappa shape index (κ3) is 1.65. The summed E-state index contributed by atoms with van der Waals surface area (Å²) in [6.07, 6.45) is 1.23. The molecule has 0 radical (unpaired) electrons. The predicted molar refractivity (Wildman–Crippen MR) is 50.5 cm³/mol. The van der Waals surface area contributed by atoms with Crippen molar-refractivity contribution in [3.05, 3.63) is 17.8 Å². The number of nitrogens with zero attached hydrogens (tertiary/aromatic N) is 2. The summed E-state index contributed by atoms with van der Waals surface area (Å²) in [7, 11) is 1.44. The molecule has 0 aliphatic carbocycles. The summed E-state index contributed by atoms with van der Waals surface area (Å²) in [5.41, 5.74) is 2.15. The van der Waals surface area contributed by atoms with Crippen molar-refractivity contribution < 1.29 is 8.42 Å². The van der Waals surface area contributed by atoms with Gasteiger partial charge in [-0.15, -0.1) is 11.3 Å². The zero-order valence-corrected chi connectivity index (χ0v) is 8.53. The summed E-state index contributed by atoms with van der Waals surface area (Å²) in [5, 5.41) is 0. The lowest BCUT2D eigenvalue weighted by Gasteiger charge is -1.93. The molecular weight excluding hydrogens is 232 g/mol. The van der Waals surface area contributed by atoms with Gasteiger partial charge in [0.15, 0.2) is 0 Å². The maximum Gasteiger partial charge on any atom is 0.262 e. The van der Waals surface area contributed by atoms with Gasteiger partial charge in [-0.1, -0.05) is 0 Å². The average Bonchev–Trinajstić information content (AvgIpc) is 2.47. The summed E-state index contributed by atoms with van der Waals surface area (Å²) in [6, 6.07) is 1.40. The molecule has 0 atom stereocenters. The van der Waals surface area contributed by atoms with Crippen LogP contribution >= 0.6 is 22.0 Å². The molecule has 0 unspecified atom stereocenters. The number of pyridine rings is 1. The Hall–Kier alpha value is -0.720. The molecule has 0 saturated heterocycles. The van der Waals surface area contributed by atoms with Crippen LogP contribution in [0.4, 0.5) is 0 Å². The van der Waals surface area contributed by atoms with Gasteiger partial charge >= 0.3 is 0 Å². The first-order valence-electron chi connectivity index (χ1n) is 3.21. The van der Waals surface area contributed by atoms with Crippen LogP contribution < -0.4 is 0 Å². The van der Waals surface area contributed by atoms with Crippen molar-refractivity contribution in [1.82, 2.24) is 9.97 Å². The van der Waals surface area contributed by atoms with Crippen LogP contribution in [0.1, 0.15) is 0 Å². The Bertz CT molecular complexity index is 549. The van der Waals surface area contributed by atoms with Gasteiger partial charge in [0.25, 0.3) is 9.05 Å². The fourth-order valence-corrected chi connectivity index (χ4v) is 2.17. The molecule has 68 valence electrons. The minimum Gasteiger partial charge on any atom is -0.243 e. The van der Waals surface area contributed by atoms with Crippen LogP contribution in [0.25, 0.3) is 10.3 Å². The quantitative estimate of drug-likeness (QED) is 0.704. The zero-order valence-electron chi connectivity index (χ0n) is 6.14. The molecule has 2 heterocycles. The minimum absolute atomic E-state index is 0.0208. The molecule has 0 amide bonds. The van der Waals surface area contributed by atoms with Gasteiger partial charge in [-0.2, -0.15) is 0 Å². The van der Waals surface area contributed by atoms with Crippen LogP contribution in [0, 0.1) is 0 Å². The van der Waals surface area contributed by atoms with Crippen molar-refractivity contribution in [2.45, 2.75) is 4.90 Å². The maximum atomic E-state index is 10.9. The van der Waals surface area contributed by atoms with Crippen molar-refractivity contribution >= 4 is 41.4 Å². The maximum absolute atomic E-state index is 10.9. The SMILES string of the molecule is O=S(=O)(Cl)c1cnc2scnc2c1. The summed E-state index contributed by atoms with van der Waals surface area (Å²) in [4.78, 5) is 8.50. The van der Waals surface area contributed by atoms with E-state index in [0.29, 0.717) is 10.3 Å². The van der Waals surface area contributed by atoms with Gasteiger partial charge in [0, 0.05) is 16.9 Å². The second kappa shape index (κ2) is 2.90. The van der Waals surface area contributed by atoms with E-state index in [2.05, 4.69) is 9.97 Å². The number of thiazole rings is 1. The summed E-state index contributed by atoms with van der Waals surface area (Å²) in [5.74, 6) is 0. The van der Waals surface area contributed by atoms with Gasteiger partial charge in [0.1, 0.15) is 15.2 Å². The first-order valence-corrected chi connectivity index (χ1v) is 6.40. The molecule has 4 nitrogen and oxygen atoms in total. The van der Waals surface area contributed by atoms with E-state index < -0.39 is 9.05 Å². The number of hydrogen-bond donors (Lipinski definition) is 0. The molecule has 0 aliphatic rings. The zero-order chi connectivity index (χ0) is 9.47. The van der Waals surface area contributed by atoms with Crippen LogP contribution in [0.2, 0.25) is 0 Å². The Morgan fingerprint density at radius 3 is 2.85 bits per heavy atom. The molecule has 2 rings (SSSR count). The van der Waals surface area contributed by atoms with Gasteiger partial charge in [0.05, 0.1) is 5.51 Å². The second-order valence-corrected chi connectivity index (χ2v) is 5.68. The highest BCUT2D eigenvalue weighted by molar-refractivity contribution is 8.13. The summed E-state index contributed by atoms with van der Waals surface area (Å²) in [6.45, 7) is 0. The van der Waals surface area contributed by atoms with Crippen LogP contribution in [0.5, 0.6) is 0 Å². The first-order chi connectivity index (χ1) is 6.07. The fourth-order valence-electron chi connectivity index (χ4n) is 0.872. The lowest BCUT2D eigenvalue weighted by atomic mass is 10.5. The molecule has 0 aromatic carbocycles. The molecule has 0 fully saturated rings. The van der Waals surface area contributed by atoms with Gasteiger partial charge in [-0.05, 0) is 6.07 Å². The summed E-state index contributed by atoms with van der Waals surface area (Å²) < 4.78 is 21.8. The van der Waals surface area contributed by atoms with Crippen molar-refractivity contribution in [1.29, 1.82) is 0 Å². The number of fused-ring (bicyclic) bond motifs is 1. The number of hydrogen-bond acceptors (Lipinski definition) is 5. The molecule has 0 N–H and O–H groups in total. The molecule has 0 saturated carbocycles. The Kier molecular flexibility index (Phi) is 1.98. The van der Waals surface area contributed by atoms with Crippen LogP contribution in [-0.2, 0) is 9.05 Å². The topological polar surface area (TPSA) is 59.9 Å². The normalized spacial score (nSPS) is 12.1. The predicted octanol–water partition coefficient (Wildman–Crippen LogP) is 1.62. The highest BCUT2D eigenvalue weighted by Gasteiger charge is 2.11. The van der Waals surface area contributed by atoms with E-state index in [9.17, 15) is 8.42 Å². The lowest BCUT2D eigenvalue weighted by molar-refractivity contribution is 0.609. The second-order valence-electron chi connectivity index (χ2n) is 2.29. The Balaban J connectivity index is 2.75. The van der Waals surface area contributed by atoms with Gasteiger partial charge in [-0.3, -0.25) is 0 Å². The van der Waals surface area contributed by atoms with Crippen molar-refractivity contribution in [2.24, 2.45) is 0 Å². The lowest BCUT2D eigenvalue weighted by Crippen LogP contribution is -1.91. The van der Waals surface area contributed by atoms with Gasteiger partial charge in [0.2, 0.25) is 0 Å². The van der Waals surface area contributed by atoms with E-state index in [0.717, 1.165) is 0 Å². The number of aromatic nitrogens is 2. The summed E-state index contributed by atoms with van der Waals surface area (Å²) >= 11 is 1.35.